The smallest absolute Gasteiger partial charge is 0.259 e. The van der Waals surface area contributed by atoms with Gasteiger partial charge in [0.2, 0.25) is 0 Å². The number of hydrogen-bond acceptors (Lipinski definition) is 5. The number of benzene rings is 1. The summed E-state index contributed by atoms with van der Waals surface area (Å²) in [6, 6.07) is 12.4. The summed E-state index contributed by atoms with van der Waals surface area (Å²) in [7, 11) is 0. The first-order valence-electron chi connectivity index (χ1n) is 7.71. The third kappa shape index (κ3) is 3.06. The largest absolute Gasteiger partial charge is 0.301 e. The van der Waals surface area contributed by atoms with Gasteiger partial charge in [-0.2, -0.15) is 0 Å². The highest BCUT2D eigenvalue weighted by molar-refractivity contribution is 7.98. The number of nitrogens with one attached hydrogen (secondary N) is 1. The lowest BCUT2D eigenvalue weighted by atomic mass is 10.2. The Hall–Kier alpha value is -2.93. The van der Waals surface area contributed by atoms with Crippen molar-refractivity contribution >= 4 is 28.3 Å². The summed E-state index contributed by atoms with van der Waals surface area (Å²) in [6.45, 7) is 1.93. The van der Waals surface area contributed by atoms with Gasteiger partial charge in [0, 0.05) is 18.0 Å². The van der Waals surface area contributed by atoms with Crippen molar-refractivity contribution in [3.05, 3.63) is 80.6 Å². The molecule has 1 aromatic carbocycles. The van der Waals surface area contributed by atoms with E-state index in [1.54, 1.807) is 24.4 Å². The van der Waals surface area contributed by atoms with Crippen LogP contribution in [0.4, 0.5) is 0 Å². The van der Waals surface area contributed by atoms with E-state index in [1.807, 2.05) is 25.1 Å². The highest BCUT2D eigenvalue weighted by Crippen LogP contribution is 2.18. The van der Waals surface area contributed by atoms with E-state index in [9.17, 15) is 9.59 Å². The monoisotopic (exact) mass is 350 g/mol. The maximum atomic E-state index is 12.2. The lowest BCUT2D eigenvalue weighted by Gasteiger charge is -2.05. The number of aromatic nitrogens is 4. The molecule has 0 saturated heterocycles. The lowest BCUT2D eigenvalue weighted by molar-refractivity contribution is 0.966. The van der Waals surface area contributed by atoms with Gasteiger partial charge in [0.05, 0.1) is 16.6 Å². The van der Waals surface area contributed by atoms with E-state index in [2.05, 4.69) is 15.0 Å². The van der Waals surface area contributed by atoms with Gasteiger partial charge in [-0.05, 0) is 30.7 Å². The maximum absolute atomic E-state index is 12.2. The molecule has 6 nitrogen and oxygen atoms in total. The van der Waals surface area contributed by atoms with Crippen molar-refractivity contribution in [2.24, 2.45) is 0 Å². The fraction of sp³-hybridized carbons (Fsp3) is 0.111. The van der Waals surface area contributed by atoms with Crippen LogP contribution < -0.4 is 11.1 Å². The molecule has 1 N–H and O–H groups in total. The number of thioether (sulfide) groups is 1. The van der Waals surface area contributed by atoms with E-state index in [4.69, 9.17) is 0 Å². The summed E-state index contributed by atoms with van der Waals surface area (Å²) in [5.41, 5.74) is 2.61. The van der Waals surface area contributed by atoms with Crippen LogP contribution in [0.15, 0.2) is 63.4 Å². The van der Waals surface area contributed by atoms with Crippen LogP contribution in [0.3, 0.4) is 0 Å². The molecule has 0 spiro atoms. The van der Waals surface area contributed by atoms with E-state index in [1.165, 1.54) is 22.2 Å². The highest BCUT2D eigenvalue weighted by atomic mass is 32.2. The minimum Gasteiger partial charge on any atom is -0.301 e. The fourth-order valence-corrected chi connectivity index (χ4v) is 3.37. The van der Waals surface area contributed by atoms with Gasteiger partial charge in [-0.1, -0.05) is 30.0 Å². The Labute approximate surface area is 146 Å². The SMILES string of the molecule is Cc1ccc2nc(CSc3nc4ccccc4c(=O)[nH]3)cc(=O)n2c1. The molecule has 3 heterocycles. The molecule has 0 unspecified atom stereocenters. The number of rotatable bonds is 3. The molecule has 0 aliphatic heterocycles. The quantitative estimate of drug-likeness (QED) is 0.454. The number of aryl methyl sites for hydroxylation is 1. The van der Waals surface area contributed by atoms with Crippen LogP contribution in [-0.2, 0) is 5.75 Å². The Morgan fingerprint density at radius 2 is 1.96 bits per heavy atom. The molecule has 4 aromatic rings. The average molecular weight is 350 g/mol. The van der Waals surface area contributed by atoms with Gasteiger partial charge in [-0.25, -0.2) is 9.97 Å². The molecule has 7 heteroatoms. The predicted octanol–water partition coefficient (Wildman–Crippen LogP) is 2.53. The number of H-pyrrole nitrogens is 1. The van der Waals surface area contributed by atoms with Crippen LogP contribution in [0, 0.1) is 6.92 Å². The molecule has 3 aromatic heterocycles. The number of aromatic amines is 1. The first-order chi connectivity index (χ1) is 12.1. The predicted molar refractivity (Wildman–Crippen MR) is 98.1 cm³/mol. The third-order valence-corrected chi connectivity index (χ3v) is 4.72. The summed E-state index contributed by atoms with van der Waals surface area (Å²) in [4.78, 5) is 36.0. The van der Waals surface area contributed by atoms with Crippen LogP contribution in [0.2, 0.25) is 0 Å². The Morgan fingerprint density at radius 3 is 2.84 bits per heavy atom. The number of hydrogen-bond donors (Lipinski definition) is 1. The molecule has 124 valence electrons. The molecule has 0 amide bonds. The molecule has 0 radical (unpaired) electrons. The van der Waals surface area contributed by atoms with Crippen LogP contribution in [0.25, 0.3) is 16.6 Å². The van der Waals surface area contributed by atoms with Gasteiger partial charge in [0.1, 0.15) is 5.65 Å². The minimum atomic E-state index is -0.171. The van der Waals surface area contributed by atoms with Crippen molar-refractivity contribution in [1.82, 2.24) is 19.4 Å². The van der Waals surface area contributed by atoms with Crippen LogP contribution in [-0.4, -0.2) is 19.4 Å². The third-order valence-electron chi connectivity index (χ3n) is 3.81. The van der Waals surface area contributed by atoms with Crippen molar-refractivity contribution < 1.29 is 0 Å². The Bertz CT molecular complexity index is 1210. The van der Waals surface area contributed by atoms with Crippen LogP contribution in [0.1, 0.15) is 11.3 Å². The molecule has 0 aliphatic carbocycles. The second-order valence-corrected chi connectivity index (χ2v) is 6.66. The Balaban J connectivity index is 1.65. The summed E-state index contributed by atoms with van der Waals surface area (Å²) >= 11 is 1.35. The lowest BCUT2D eigenvalue weighted by Crippen LogP contribution is -2.15. The molecule has 0 atom stereocenters. The summed E-state index contributed by atoms with van der Waals surface area (Å²) in [5, 5.41) is 1.07. The van der Waals surface area contributed by atoms with E-state index in [-0.39, 0.29) is 11.1 Å². The van der Waals surface area contributed by atoms with Gasteiger partial charge in [-0.3, -0.25) is 14.0 Å². The summed E-state index contributed by atoms with van der Waals surface area (Å²) in [5.74, 6) is 0.445. The zero-order chi connectivity index (χ0) is 17.4. The number of pyridine rings is 1. The van der Waals surface area contributed by atoms with E-state index in [0.717, 1.165) is 5.56 Å². The van der Waals surface area contributed by atoms with Gasteiger partial charge < -0.3 is 4.98 Å². The van der Waals surface area contributed by atoms with E-state index < -0.39 is 0 Å². The van der Waals surface area contributed by atoms with Crippen LogP contribution >= 0.6 is 11.8 Å². The van der Waals surface area contributed by atoms with Crippen molar-refractivity contribution in [3.8, 4) is 0 Å². The summed E-state index contributed by atoms with van der Waals surface area (Å²) < 4.78 is 1.53. The molecule has 25 heavy (non-hydrogen) atoms. The average Bonchev–Trinajstić information content (AvgIpc) is 2.61. The number of fused-ring (bicyclic) bond motifs is 2. The minimum absolute atomic E-state index is 0.121. The topological polar surface area (TPSA) is 80.1 Å². The van der Waals surface area contributed by atoms with E-state index >= 15 is 0 Å². The molecule has 4 rings (SSSR count). The second-order valence-electron chi connectivity index (χ2n) is 5.70. The molecular weight excluding hydrogens is 336 g/mol. The maximum Gasteiger partial charge on any atom is 0.259 e. The molecule has 0 bridgehead atoms. The van der Waals surface area contributed by atoms with Crippen molar-refractivity contribution in [2.45, 2.75) is 17.8 Å². The number of para-hydroxylation sites is 1. The number of nitrogens with zero attached hydrogens (tertiary/aromatic N) is 3. The van der Waals surface area contributed by atoms with Gasteiger partial charge >= 0.3 is 0 Å². The normalized spacial score (nSPS) is 11.2. The van der Waals surface area contributed by atoms with Gasteiger partial charge in [-0.15, -0.1) is 0 Å². The first-order valence-corrected chi connectivity index (χ1v) is 8.69. The standard InChI is InChI=1S/C18H14N4O2S/c1-11-6-7-15-19-12(8-16(23)22(15)9-11)10-25-18-20-14-5-3-2-4-13(14)17(24)21-18/h2-9H,10H2,1H3,(H,20,21,24). The van der Waals surface area contributed by atoms with Crippen LogP contribution in [0.5, 0.6) is 0 Å². The molecule has 0 fully saturated rings. The van der Waals surface area contributed by atoms with Crippen molar-refractivity contribution in [1.29, 1.82) is 0 Å². The summed E-state index contributed by atoms with van der Waals surface area (Å²) in [6.07, 6.45) is 1.77. The Kier molecular flexibility index (Phi) is 3.85. The van der Waals surface area contributed by atoms with Gasteiger partial charge in [0.15, 0.2) is 5.16 Å². The molecule has 0 saturated carbocycles. The zero-order valence-electron chi connectivity index (χ0n) is 13.4. The van der Waals surface area contributed by atoms with Gasteiger partial charge in [0.25, 0.3) is 11.1 Å². The van der Waals surface area contributed by atoms with E-state index in [0.29, 0.717) is 33.2 Å². The Morgan fingerprint density at radius 1 is 1.12 bits per heavy atom. The first kappa shape index (κ1) is 15.6. The fourth-order valence-electron chi connectivity index (χ4n) is 2.61. The second kappa shape index (κ2) is 6.18. The highest BCUT2D eigenvalue weighted by Gasteiger charge is 2.07. The zero-order valence-corrected chi connectivity index (χ0v) is 14.2. The molecular formula is C18H14N4O2S. The van der Waals surface area contributed by atoms with Crippen molar-refractivity contribution in [2.75, 3.05) is 0 Å². The van der Waals surface area contributed by atoms with Crippen molar-refractivity contribution in [3.63, 3.8) is 0 Å². The molecule has 0 aliphatic rings.